The predicted molar refractivity (Wildman–Crippen MR) is 242 cm³/mol. The molecule has 0 unspecified atom stereocenters. The number of rotatable bonds is 5. The zero-order chi connectivity index (χ0) is 40.3. The van der Waals surface area contributed by atoms with Gasteiger partial charge in [-0.1, -0.05) is 140 Å². The van der Waals surface area contributed by atoms with Crippen LogP contribution in [-0.2, 0) is 10.8 Å². The summed E-state index contributed by atoms with van der Waals surface area (Å²) in [5, 5.41) is 10.1. The van der Waals surface area contributed by atoms with Gasteiger partial charge in [-0.15, -0.1) is 0 Å². The summed E-state index contributed by atoms with van der Waals surface area (Å²) in [6, 6.07) is 61.3. The van der Waals surface area contributed by atoms with E-state index in [0.29, 0.717) is 28.5 Å². The van der Waals surface area contributed by atoms with E-state index in [1.54, 1.807) is 0 Å². The van der Waals surface area contributed by atoms with Crippen LogP contribution in [0.5, 0.6) is 0 Å². The molecule has 0 N–H and O–H groups in total. The standard InChI is InChI=1S/C57H42N4/c58-34-35-17-24-51-48(28-35)47-23-20-43(30-52(47)57(51)49-15-6-4-13-45(49)46-14-5-7-16-50(46)57)55-60-53(59-54(61-55)42-12-8-11-41(29-42)39-9-2-1-3-10-39)40-18-21-44(22-19-40)56-31-36-25-37(32-56)27-38(26-36)33-56/h1-24,28-30,36-38H,25-27,31-33H2. The van der Waals surface area contributed by atoms with Gasteiger partial charge < -0.3 is 0 Å². The first-order chi connectivity index (χ1) is 30.1. The molecule has 0 saturated heterocycles. The summed E-state index contributed by atoms with van der Waals surface area (Å²) >= 11 is 0. The maximum atomic E-state index is 10.1. The van der Waals surface area contributed by atoms with E-state index in [-0.39, 0.29) is 0 Å². The molecule has 6 aliphatic rings. The van der Waals surface area contributed by atoms with E-state index in [9.17, 15) is 5.26 Å². The number of benzene rings is 7. The van der Waals surface area contributed by atoms with Gasteiger partial charge in [0.1, 0.15) is 0 Å². The fourth-order valence-corrected chi connectivity index (χ4v) is 13.0. The molecule has 1 aromatic heterocycles. The minimum Gasteiger partial charge on any atom is -0.208 e. The van der Waals surface area contributed by atoms with E-state index in [4.69, 9.17) is 15.0 Å². The quantitative estimate of drug-likeness (QED) is 0.174. The van der Waals surface area contributed by atoms with Gasteiger partial charge in [0.15, 0.2) is 17.5 Å². The van der Waals surface area contributed by atoms with E-state index in [1.165, 1.54) is 77.5 Å². The Labute approximate surface area is 356 Å². The number of fused-ring (bicyclic) bond motifs is 10. The summed E-state index contributed by atoms with van der Waals surface area (Å²) < 4.78 is 0. The molecule has 0 aliphatic heterocycles. The molecule has 4 saturated carbocycles. The largest absolute Gasteiger partial charge is 0.208 e. The molecular weight excluding hydrogens is 741 g/mol. The van der Waals surface area contributed by atoms with Gasteiger partial charge in [-0.2, -0.15) is 5.26 Å². The molecule has 1 heterocycles. The number of hydrogen-bond donors (Lipinski definition) is 0. The van der Waals surface area contributed by atoms with Crippen LogP contribution >= 0.6 is 0 Å². The first-order valence-electron chi connectivity index (χ1n) is 22.0. The molecule has 4 nitrogen and oxygen atoms in total. The zero-order valence-electron chi connectivity index (χ0n) is 33.9. The lowest BCUT2D eigenvalue weighted by atomic mass is 9.48. The minimum absolute atomic E-state index is 0.323. The van der Waals surface area contributed by atoms with Crippen molar-refractivity contribution in [3.05, 3.63) is 197 Å². The van der Waals surface area contributed by atoms with Crippen LogP contribution in [0.2, 0.25) is 0 Å². The van der Waals surface area contributed by atoms with Crippen LogP contribution in [0, 0.1) is 29.1 Å². The molecule has 0 amide bonds. The third kappa shape index (κ3) is 5.13. The molecule has 6 aliphatic carbocycles. The van der Waals surface area contributed by atoms with E-state index in [0.717, 1.165) is 56.7 Å². The molecule has 8 aromatic rings. The summed E-state index contributed by atoms with van der Waals surface area (Å²) in [6.45, 7) is 0. The molecule has 14 rings (SSSR count). The van der Waals surface area contributed by atoms with Crippen molar-refractivity contribution in [1.82, 2.24) is 15.0 Å². The van der Waals surface area contributed by atoms with Gasteiger partial charge in [-0.05, 0) is 147 Å². The molecule has 0 atom stereocenters. The van der Waals surface area contributed by atoms with E-state index >= 15 is 0 Å². The second kappa shape index (κ2) is 13.0. The Balaban J connectivity index is 0.992. The van der Waals surface area contributed by atoms with Gasteiger partial charge in [0, 0.05) is 16.7 Å². The van der Waals surface area contributed by atoms with Gasteiger partial charge in [-0.25, -0.2) is 15.0 Å². The third-order valence-electron chi connectivity index (χ3n) is 15.1. The number of nitriles is 1. The van der Waals surface area contributed by atoms with Crippen LogP contribution in [-0.4, -0.2) is 15.0 Å². The Kier molecular flexibility index (Phi) is 7.44. The molecule has 4 bridgehead atoms. The summed E-state index contributed by atoms with van der Waals surface area (Å²) in [5.74, 6) is 4.65. The lowest BCUT2D eigenvalue weighted by Gasteiger charge is -2.57. The second-order valence-electron chi connectivity index (χ2n) is 18.5. The van der Waals surface area contributed by atoms with Crippen LogP contribution in [0.15, 0.2) is 164 Å². The van der Waals surface area contributed by atoms with Gasteiger partial charge >= 0.3 is 0 Å². The summed E-state index contributed by atoms with van der Waals surface area (Å²) in [6.07, 6.45) is 8.34. The highest BCUT2D eigenvalue weighted by molar-refractivity contribution is 5.96. The van der Waals surface area contributed by atoms with Crippen LogP contribution in [0.4, 0.5) is 0 Å². The highest BCUT2D eigenvalue weighted by atomic mass is 15.0. The van der Waals surface area contributed by atoms with Crippen molar-refractivity contribution >= 4 is 0 Å². The van der Waals surface area contributed by atoms with Gasteiger partial charge in [0.2, 0.25) is 0 Å². The predicted octanol–water partition coefficient (Wildman–Crippen LogP) is 13.2. The highest BCUT2D eigenvalue weighted by Crippen LogP contribution is 2.64. The summed E-state index contributed by atoms with van der Waals surface area (Å²) in [4.78, 5) is 15.9. The maximum absolute atomic E-state index is 10.1. The van der Waals surface area contributed by atoms with Crippen LogP contribution in [0.25, 0.3) is 67.5 Å². The summed E-state index contributed by atoms with van der Waals surface area (Å²) in [7, 11) is 0. The Morgan fingerprint density at radius 1 is 0.410 bits per heavy atom. The zero-order valence-corrected chi connectivity index (χ0v) is 33.9. The normalized spacial score (nSPS) is 21.7. The average Bonchev–Trinajstić information content (AvgIpc) is 3.78. The lowest BCUT2D eigenvalue weighted by Crippen LogP contribution is -2.48. The van der Waals surface area contributed by atoms with Crippen LogP contribution in [0.1, 0.15) is 71.9 Å². The van der Waals surface area contributed by atoms with Crippen LogP contribution in [0.3, 0.4) is 0 Å². The lowest BCUT2D eigenvalue weighted by molar-refractivity contribution is -0.00518. The first-order valence-corrected chi connectivity index (χ1v) is 22.0. The Hall–Kier alpha value is -6.96. The molecule has 7 aromatic carbocycles. The molecule has 4 heteroatoms. The number of nitrogens with zero attached hydrogens (tertiary/aromatic N) is 4. The average molecular weight is 783 g/mol. The smallest absolute Gasteiger partial charge is 0.164 e. The van der Waals surface area contributed by atoms with Gasteiger partial charge in [0.25, 0.3) is 0 Å². The highest BCUT2D eigenvalue weighted by Gasteiger charge is 2.53. The van der Waals surface area contributed by atoms with Crippen molar-refractivity contribution < 1.29 is 0 Å². The van der Waals surface area contributed by atoms with Crippen LogP contribution < -0.4 is 0 Å². The number of hydrogen-bond acceptors (Lipinski definition) is 4. The fraction of sp³-hybridized carbons (Fsp3) is 0.193. The molecule has 1 spiro atoms. The van der Waals surface area contributed by atoms with E-state index < -0.39 is 5.41 Å². The second-order valence-corrected chi connectivity index (χ2v) is 18.5. The fourth-order valence-electron chi connectivity index (χ4n) is 13.0. The van der Waals surface area contributed by atoms with Crippen molar-refractivity contribution in [3.8, 4) is 73.6 Å². The minimum atomic E-state index is -0.558. The van der Waals surface area contributed by atoms with E-state index in [2.05, 4.69) is 164 Å². The molecule has 290 valence electrons. The van der Waals surface area contributed by atoms with E-state index in [1.807, 2.05) is 6.07 Å². The maximum Gasteiger partial charge on any atom is 0.164 e. The molecule has 4 fully saturated rings. The topological polar surface area (TPSA) is 62.5 Å². The SMILES string of the molecule is N#Cc1ccc2c(c1)-c1ccc(-c3nc(-c4ccc(C56CC7CC(CC(C7)C5)C6)cc4)nc(-c4cccc(-c5ccccc5)c4)n3)cc1C21c2ccccc2-c2ccccc21. The molecule has 61 heavy (non-hydrogen) atoms. The first kappa shape index (κ1) is 34.9. The van der Waals surface area contributed by atoms with Crippen molar-refractivity contribution in [2.45, 2.75) is 49.4 Å². The molecular formula is C57H42N4. The Morgan fingerprint density at radius 3 is 1.59 bits per heavy atom. The third-order valence-corrected chi connectivity index (χ3v) is 15.1. The van der Waals surface area contributed by atoms with Gasteiger partial charge in [0.05, 0.1) is 17.0 Å². The number of aromatic nitrogens is 3. The summed E-state index contributed by atoms with van der Waals surface area (Å²) in [5.41, 5.74) is 16.7. The van der Waals surface area contributed by atoms with Crippen molar-refractivity contribution in [3.63, 3.8) is 0 Å². The van der Waals surface area contributed by atoms with Gasteiger partial charge in [-0.3, -0.25) is 0 Å². The Bertz CT molecular complexity index is 3060. The monoisotopic (exact) mass is 782 g/mol. The Morgan fingerprint density at radius 2 is 0.934 bits per heavy atom. The van der Waals surface area contributed by atoms with Crippen molar-refractivity contribution in [1.29, 1.82) is 5.26 Å². The molecule has 0 radical (unpaired) electrons. The van der Waals surface area contributed by atoms with Crippen molar-refractivity contribution in [2.75, 3.05) is 0 Å². The van der Waals surface area contributed by atoms with Crippen molar-refractivity contribution in [2.24, 2.45) is 17.8 Å².